The lowest BCUT2D eigenvalue weighted by molar-refractivity contribution is 0.112. The van der Waals surface area contributed by atoms with Crippen LogP contribution in [0.15, 0.2) is 54.7 Å². The predicted molar refractivity (Wildman–Crippen MR) is 69.8 cm³/mol. The number of hydrogen-bond donors (Lipinski definition) is 0. The number of carbonyl (C=O) groups is 1. The number of halogens is 1. The molecule has 0 amide bonds. The third-order valence-corrected chi connectivity index (χ3v) is 2.73. The van der Waals surface area contributed by atoms with Crippen LogP contribution in [0.2, 0.25) is 5.02 Å². The Balaban J connectivity index is 2.86. The molecule has 0 saturated heterocycles. The minimum Gasteiger partial charge on any atom is -0.298 e. The fourth-order valence-corrected chi connectivity index (χ4v) is 1.71. The van der Waals surface area contributed by atoms with Crippen molar-refractivity contribution in [2.45, 2.75) is 0 Å². The molecule has 84 valence electrons. The Labute approximate surface area is 104 Å². The Bertz CT molecular complexity index is 609. The molecule has 2 nitrogen and oxygen atoms in total. The SMILES string of the molecule is O=Cc1cnc2ccccccccc2c1Cl. The lowest BCUT2D eigenvalue weighted by Gasteiger charge is -1.99. The molecule has 1 aromatic carbocycles. The first-order valence-corrected chi connectivity index (χ1v) is 5.52. The monoisotopic (exact) mass is 243 g/mol. The summed E-state index contributed by atoms with van der Waals surface area (Å²) in [5, 5.41) is 1.19. The Morgan fingerprint density at radius 3 is 2.35 bits per heavy atom. The average molecular weight is 244 g/mol. The number of pyridine rings is 1. The third-order valence-electron chi connectivity index (χ3n) is 2.31. The van der Waals surface area contributed by atoms with Gasteiger partial charge in [0, 0.05) is 11.6 Å². The van der Waals surface area contributed by atoms with Gasteiger partial charge in [-0.1, -0.05) is 54.1 Å². The molecule has 0 atom stereocenters. The van der Waals surface area contributed by atoms with Gasteiger partial charge >= 0.3 is 0 Å². The molecule has 1 heterocycles. The molecule has 0 saturated carbocycles. The van der Waals surface area contributed by atoms with Crippen molar-refractivity contribution in [2.24, 2.45) is 0 Å². The molecule has 2 aromatic rings. The van der Waals surface area contributed by atoms with Crippen LogP contribution in [0, 0.1) is 0 Å². The van der Waals surface area contributed by atoms with E-state index < -0.39 is 0 Å². The van der Waals surface area contributed by atoms with Gasteiger partial charge in [-0.3, -0.25) is 9.78 Å². The van der Waals surface area contributed by atoms with Crippen molar-refractivity contribution < 1.29 is 4.79 Å². The number of nitrogens with zero attached hydrogens (tertiary/aromatic N) is 1. The first kappa shape index (κ1) is 11.6. The molecular weight excluding hydrogens is 234 g/mol. The van der Waals surface area contributed by atoms with Crippen LogP contribution >= 0.6 is 11.6 Å². The number of rotatable bonds is 1. The van der Waals surface area contributed by atoms with Crippen LogP contribution in [0.25, 0.3) is 10.9 Å². The molecule has 0 unspecified atom stereocenters. The summed E-state index contributed by atoms with van der Waals surface area (Å²) < 4.78 is 0. The van der Waals surface area contributed by atoms with Gasteiger partial charge in [0.05, 0.1) is 16.1 Å². The number of fused-ring (bicyclic) bond motifs is 1. The smallest absolute Gasteiger partial charge is 0.153 e. The van der Waals surface area contributed by atoms with E-state index in [0.717, 1.165) is 10.9 Å². The molecule has 0 fully saturated rings. The molecule has 0 bridgehead atoms. The summed E-state index contributed by atoms with van der Waals surface area (Å²) in [7, 11) is 0. The summed E-state index contributed by atoms with van der Waals surface area (Å²) in [5.74, 6) is 0. The fourth-order valence-electron chi connectivity index (χ4n) is 1.46. The van der Waals surface area contributed by atoms with Crippen molar-refractivity contribution in [3.8, 4) is 0 Å². The standard InChI is InChI=1S/C14H10ClNO/c15-14-11(10-17)9-16-13-8-6-4-2-1-3-5-7-12(13)14/h1-10H. The Kier molecular flexibility index (Phi) is 3.68. The van der Waals surface area contributed by atoms with E-state index in [0.29, 0.717) is 16.9 Å². The van der Waals surface area contributed by atoms with Gasteiger partial charge in [-0.2, -0.15) is 0 Å². The highest BCUT2D eigenvalue weighted by molar-refractivity contribution is 6.37. The van der Waals surface area contributed by atoms with Gasteiger partial charge < -0.3 is 0 Å². The van der Waals surface area contributed by atoms with Gasteiger partial charge in [0.25, 0.3) is 0 Å². The molecular formula is C14H10ClNO. The molecule has 3 heteroatoms. The van der Waals surface area contributed by atoms with Crippen LogP contribution in [0.5, 0.6) is 0 Å². The summed E-state index contributed by atoms with van der Waals surface area (Å²) in [6.45, 7) is 0. The zero-order valence-corrected chi connectivity index (χ0v) is 9.76. The molecule has 0 radical (unpaired) electrons. The van der Waals surface area contributed by atoms with E-state index in [-0.39, 0.29) is 0 Å². The number of carbonyl (C=O) groups excluding carboxylic acids is 1. The summed E-state index contributed by atoms with van der Waals surface area (Å²) in [6, 6.07) is 15.1. The normalized spacial score (nSPS) is 9.71. The van der Waals surface area contributed by atoms with E-state index in [2.05, 4.69) is 4.98 Å². The summed E-state index contributed by atoms with van der Waals surface area (Å²) in [6.07, 6.45) is 2.19. The first-order chi connectivity index (χ1) is 8.33. The van der Waals surface area contributed by atoms with Crippen LogP contribution in [-0.2, 0) is 0 Å². The lowest BCUT2D eigenvalue weighted by atomic mass is 10.2. The van der Waals surface area contributed by atoms with Gasteiger partial charge in [-0.15, -0.1) is 0 Å². The predicted octanol–water partition coefficient (Wildman–Crippen LogP) is 3.83. The van der Waals surface area contributed by atoms with Crippen molar-refractivity contribution in [3.63, 3.8) is 0 Å². The zero-order valence-electron chi connectivity index (χ0n) is 9.01. The maximum atomic E-state index is 10.8. The maximum Gasteiger partial charge on any atom is 0.153 e. The summed E-state index contributed by atoms with van der Waals surface area (Å²) in [5.41, 5.74) is 1.15. The maximum absolute atomic E-state index is 10.8. The van der Waals surface area contributed by atoms with Gasteiger partial charge in [0.15, 0.2) is 6.29 Å². The third kappa shape index (κ3) is 2.60. The quantitative estimate of drug-likeness (QED) is 0.713. The van der Waals surface area contributed by atoms with E-state index in [1.54, 1.807) is 0 Å². The highest BCUT2D eigenvalue weighted by Crippen LogP contribution is 2.22. The van der Waals surface area contributed by atoms with Gasteiger partial charge in [-0.25, -0.2) is 0 Å². The molecule has 0 aliphatic carbocycles. The Morgan fingerprint density at radius 1 is 1.00 bits per heavy atom. The number of aromatic nitrogens is 1. The number of hydrogen-bond acceptors (Lipinski definition) is 2. The average Bonchev–Trinajstić information content (AvgIpc) is 2.36. The molecule has 17 heavy (non-hydrogen) atoms. The van der Waals surface area contributed by atoms with E-state index in [9.17, 15) is 4.79 Å². The van der Waals surface area contributed by atoms with Gasteiger partial charge in [0.1, 0.15) is 0 Å². The van der Waals surface area contributed by atoms with Crippen LogP contribution < -0.4 is 0 Å². The van der Waals surface area contributed by atoms with Crippen molar-refractivity contribution >= 4 is 28.8 Å². The minimum atomic E-state index is 0.403. The largest absolute Gasteiger partial charge is 0.298 e. The Hall–Kier alpha value is -1.93. The Morgan fingerprint density at radius 2 is 1.65 bits per heavy atom. The highest BCUT2D eigenvalue weighted by atomic mass is 35.5. The summed E-state index contributed by atoms with van der Waals surface area (Å²) >= 11 is 6.15. The van der Waals surface area contributed by atoms with Crippen molar-refractivity contribution in [3.05, 3.63) is 65.3 Å². The molecule has 2 rings (SSSR count). The fraction of sp³-hybridized carbons (Fsp3) is 0. The van der Waals surface area contributed by atoms with Crippen LogP contribution in [0.3, 0.4) is 0 Å². The van der Waals surface area contributed by atoms with Crippen LogP contribution in [0.1, 0.15) is 10.4 Å². The van der Waals surface area contributed by atoms with E-state index in [4.69, 9.17) is 11.6 Å². The first-order valence-electron chi connectivity index (χ1n) is 5.14. The molecule has 0 aliphatic heterocycles. The zero-order chi connectivity index (χ0) is 12.1. The molecule has 0 aliphatic rings. The second-order valence-corrected chi connectivity index (χ2v) is 3.81. The lowest BCUT2D eigenvalue weighted by Crippen LogP contribution is -1.86. The van der Waals surface area contributed by atoms with Gasteiger partial charge in [-0.05, 0) is 6.07 Å². The van der Waals surface area contributed by atoms with Crippen molar-refractivity contribution in [2.75, 3.05) is 0 Å². The van der Waals surface area contributed by atoms with E-state index in [1.165, 1.54) is 6.20 Å². The van der Waals surface area contributed by atoms with E-state index in [1.807, 2.05) is 48.5 Å². The van der Waals surface area contributed by atoms with E-state index >= 15 is 0 Å². The highest BCUT2D eigenvalue weighted by Gasteiger charge is 2.03. The van der Waals surface area contributed by atoms with Crippen LogP contribution in [-0.4, -0.2) is 11.3 Å². The topological polar surface area (TPSA) is 30.0 Å². The number of aldehydes is 1. The van der Waals surface area contributed by atoms with Crippen LogP contribution in [0.4, 0.5) is 0 Å². The van der Waals surface area contributed by atoms with Crippen molar-refractivity contribution in [1.29, 1.82) is 0 Å². The second-order valence-electron chi connectivity index (χ2n) is 3.43. The molecule has 0 N–H and O–H groups in total. The van der Waals surface area contributed by atoms with Gasteiger partial charge in [0.2, 0.25) is 0 Å². The summed E-state index contributed by atoms with van der Waals surface area (Å²) in [4.78, 5) is 15.0. The molecule has 0 spiro atoms. The van der Waals surface area contributed by atoms with Crippen molar-refractivity contribution in [1.82, 2.24) is 4.98 Å². The second kappa shape index (κ2) is 5.41. The minimum absolute atomic E-state index is 0.403. The molecule has 1 aromatic heterocycles.